The summed E-state index contributed by atoms with van der Waals surface area (Å²) in [5.74, 6) is -0.0195. The monoisotopic (exact) mass is 323 g/mol. The van der Waals surface area contributed by atoms with Gasteiger partial charge in [0.25, 0.3) is 0 Å². The number of urea groups is 1. The van der Waals surface area contributed by atoms with Crippen molar-refractivity contribution in [2.45, 2.75) is 31.8 Å². The van der Waals surface area contributed by atoms with Crippen LogP contribution in [0.4, 0.5) is 15.0 Å². The molecule has 2 amide bonds. The Morgan fingerprint density at radius 3 is 3.04 bits per heavy atom. The van der Waals surface area contributed by atoms with Crippen LogP contribution in [0.1, 0.15) is 19.0 Å². The minimum Gasteiger partial charge on any atom is -0.383 e. The van der Waals surface area contributed by atoms with Crippen LogP contribution in [0.2, 0.25) is 0 Å². The summed E-state index contributed by atoms with van der Waals surface area (Å²) in [4.78, 5) is 23.9. The maximum atomic E-state index is 14.4. The van der Waals surface area contributed by atoms with Gasteiger partial charge in [0.1, 0.15) is 6.33 Å². The highest BCUT2D eigenvalue weighted by atomic mass is 19.1. The average Bonchev–Trinajstić information content (AvgIpc) is 2.87. The number of piperidine rings is 1. The molecule has 1 aromatic rings. The molecule has 3 heterocycles. The molecule has 2 saturated heterocycles. The van der Waals surface area contributed by atoms with E-state index in [4.69, 9.17) is 4.74 Å². The van der Waals surface area contributed by atoms with Gasteiger partial charge >= 0.3 is 6.03 Å². The van der Waals surface area contributed by atoms with Crippen LogP contribution >= 0.6 is 0 Å². The lowest BCUT2D eigenvalue weighted by Crippen LogP contribution is -2.52. The molecule has 126 valence electrons. The summed E-state index contributed by atoms with van der Waals surface area (Å²) in [5.41, 5.74) is 0.425. The third kappa shape index (κ3) is 2.95. The number of aryl methyl sites for hydroxylation is 1. The highest BCUT2D eigenvalue weighted by Crippen LogP contribution is 2.27. The predicted octanol–water partition coefficient (Wildman–Crippen LogP) is 0.797. The van der Waals surface area contributed by atoms with Crippen LogP contribution in [0.3, 0.4) is 0 Å². The zero-order chi connectivity index (χ0) is 16.4. The SMILES string of the molecule is CCc1ncnc(N2CC[C@H]3[C@@H](C2)NC(=O)N3CCOC)c1F. The number of methoxy groups -OCH3 is 1. The smallest absolute Gasteiger partial charge is 0.318 e. The number of rotatable bonds is 5. The first kappa shape index (κ1) is 15.9. The van der Waals surface area contributed by atoms with E-state index >= 15 is 0 Å². The number of carbonyl (C=O) groups is 1. The van der Waals surface area contributed by atoms with E-state index in [2.05, 4.69) is 15.3 Å². The van der Waals surface area contributed by atoms with Gasteiger partial charge in [0.05, 0.1) is 24.4 Å². The Bertz CT molecular complexity index is 585. The summed E-state index contributed by atoms with van der Waals surface area (Å²) in [6.45, 7) is 4.17. The van der Waals surface area contributed by atoms with Crippen molar-refractivity contribution in [3.05, 3.63) is 17.8 Å². The molecule has 2 aliphatic rings. The standard InChI is InChI=1S/C15H22FN5O2/c1-3-10-13(16)14(18-9-17-10)20-5-4-12-11(8-20)19-15(22)21(12)6-7-23-2/h9,11-12H,3-8H2,1-2H3,(H,19,22)/t11-,12+/m1/s1. The van der Waals surface area contributed by atoms with Gasteiger partial charge < -0.3 is 19.9 Å². The Morgan fingerprint density at radius 2 is 2.30 bits per heavy atom. The number of hydrogen-bond donors (Lipinski definition) is 1. The van der Waals surface area contributed by atoms with Crippen LogP contribution in [-0.4, -0.2) is 66.3 Å². The number of nitrogens with one attached hydrogen (secondary N) is 1. The summed E-state index contributed by atoms with van der Waals surface area (Å²) in [6, 6.07) is 0.0355. The number of amides is 2. The highest BCUT2D eigenvalue weighted by Gasteiger charge is 2.42. The summed E-state index contributed by atoms with van der Waals surface area (Å²) in [6.07, 6.45) is 2.71. The van der Waals surface area contributed by atoms with Gasteiger partial charge in [-0.1, -0.05) is 6.92 Å². The highest BCUT2D eigenvalue weighted by molar-refractivity contribution is 5.78. The zero-order valence-corrected chi connectivity index (χ0v) is 13.5. The second-order valence-electron chi connectivity index (χ2n) is 5.86. The molecule has 7 nitrogen and oxygen atoms in total. The van der Waals surface area contributed by atoms with Gasteiger partial charge in [0, 0.05) is 26.7 Å². The van der Waals surface area contributed by atoms with E-state index in [-0.39, 0.29) is 23.9 Å². The maximum absolute atomic E-state index is 14.4. The van der Waals surface area contributed by atoms with E-state index in [1.807, 2.05) is 16.7 Å². The molecule has 1 N–H and O–H groups in total. The van der Waals surface area contributed by atoms with Crippen molar-refractivity contribution in [2.75, 3.05) is 38.3 Å². The number of nitrogens with zero attached hydrogens (tertiary/aromatic N) is 4. The number of carbonyl (C=O) groups excluding carboxylic acids is 1. The summed E-state index contributed by atoms with van der Waals surface area (Å²) >= 11 is 0. The fraction of sp³-hybridized carbons (Fsp3) is 0.667. The molecule has 8 heteroatoms. The number of aromatic nitrogens is 2. The summed E-state index contributed by atoms with van der Waals surface area (Å²) in [5, 5.41) is 2.99. The van der Waals surface area contributed by atoms with Gasteiger partial charge in [-0.05, 0) is 12.8 Å². The van der Waals surface area contributed by atoms with Crippen LogP contribution < -0.4 is 10.2 Å². The van der Waals surface area contributed by atoms with Gasteiger partial charge in [-0.15, -0.1) is 0 Å². The van der Waals surface area contributed by atoms with Crippen molar-refractivity contribution in [2.24, 2.45) is 0 Å². The molecule has 2 atom stereocenters. The number of halogens is 1. The van der Waals surface area contributed by atoms with Crippen molar-refractivity contribution in [3.8, 4) is 0 Å². The minimum absolute atomic E-state index is 0.0208. The van der Waals surface area contributed by atoms with E-state index in [0.717, 1.165) is 6.42 Å². The molecule has 0 unspecified atom stereocenters. The largest absolute Gasteiger partial charge is 0.383 e. The second-order valence-corrected chi connectivity index (χ2v) is 5.86. The lowest BCUT2D eigenvalue weighted by molar-refractivity contribution is 0.140. The lowest BCUT2D eigenvalue weighted by atomic mass is 10.00. The Kier molecular flexibility index (Phi) is 4.61. The van der Waals surface area contributed by atoms with E-state index in [9.17, 15) is 9.18 Å². The predicted molar refractivity (Wildman–Crippen MR) is 82.9 cm³/mol. The molecule has 0 aromatic carbocycles. The van der Waals surface area contributed by atoms with E-state index in [1.54, 1.807) is 7.11 Å². The van der Waals surface area contributed by atoms with Gasteiger partial charge in [-0.3, -0.25) is 0 Å². The van der Waals surface area contributed by atoms with E-state index in [1.165, 1.54) is 6.33 Å². The Labute approximate surface area is 134 Å². The molecule has 0 spiro atoms. The van der Waals surface area contributed by atoms with Crippen LogP contribution in [0.15, 0.2) is 6.33 Å². The topological polar surface area (TPSA) is 70.6 Å². The van der Waals surface area contributed by atoms with Crippen molar-refractivity contribution in [1.29, 1.82) is 0 Å². The average molecular weight is 323 g/mol. The van der Waals surface area contributed by atoms with Gasteiger partial charge in [-0.25, -0.2) is 19.2 Å². The van der Waals surface area contributed by atoms with E-state index < -0.39 is 0 Å². The fourth-order valence-corrected chi connectivity index (χ4v) is 3.36. The fourth-order valence-electron chi connectivity index (χ4n) is 3.36. The Morgan fingerprint density at radius 1 is 1.48 bits per heavy atom. The molecular weight excluding hydrogens is 301 g/mol. The first-order valence-corrected chi connectivity index (χ1v) is 7.96. The number of hydrogen-bond acceptors (Lipinski definition) is 5. The first-order chi connectivity index (χ1) is 11.2. The molecule has 2 aliphatic heterocycles. The van der Waals surface area contributed by atoms with Crippen LogP contribution in [0, 0.1) is 5.82 Å². The third-order valence-corrected chi connectivity index (χ3v) is 4.56. The van der Waals surface area contributed by atoms with Crippen LogP contribution in [0.25, 0.3) is 0 Å². The lowest BCUT2D eigenvalue weighted by Gasteiger charge is -2.37. The van der Waals surface area contributed by atoms with Crippen molar-refractivity contribution >= 4 is 11.8 Å². The molecule has 23 heavy (non-hydrogen) atoms. The number of ether oxygens (including phenoxy) is 1. The van der Waals surface area contributed by atoms with E-state index in [0.29, 0.717) is 44.2 Å². The van der Waals surface area contributed by atoms with Crippen molar-refractivity contribution in [3.63, 3.8) is 0 Å². The van der Waals surface area contributed by atoms with Gasteiger partial charge in [0.15, 0.2) is 11.6 Å². The normalized spacial score (nSPS) is 23.9. The molecule has 0 aliphatic carbocycles. The first-order valence-electron chi connectivity index (χ1n) is 7.96. The Balaban J connectivity index is 1.73. The minimum atomic E-state index is -0.353. The Hall–Kier alpha value is -1.96. The molecule has 3 rings (SSSR count). The molecule has 2 fully saturated rings. The van der Waals surface area contributed by atoms with Crippen LogP contribution in [0.5, 0.6) is 0 Å². The third-order valence-electron chi connectivity index (χ3n) is 4.56. The zero-order valence-electron chi connectivity index (χ0n) is 13.5. The van der Waals surface area contributed by atoms with Crippen molar-refractivity contribution in [1.82, 2.24) is 20.2 Å². The molecular formula is C15H22FN5O2. The van der Waals surface area contributed by atoms with Gasteiger partial charge in [-0.2, -0.15) is 0 Å². The van der Waals surface area contributed by atoms with Crippen molar-refractivity contribution < 1.29 is 13.9 Å². The molecule has 0 bridgehead atoms. The summed E-state index contributed by atoms with van der Waals surface area (Å²) < 4.78 is 19.5. The molecule has 1 aromatic heterocycles. The number of fused-ring (bicyclic) bond motifs is 1. The van der Waals surface area contributed by atoms with Crippen LogP contribution in [-0.2, 0) is 11.2 Å². The maximum Gasteiger partial charge on any atom is 0.318 e. The van der Waals surface area contributed by atoms with Gasteiger partial charge in [0.2, 0.25) is 0 Å². The second kappa shape index (κ2) is 6.66. The summed E-state index contributed by atoms with van der Waals surface area (Å²) in [7, 11) is 1.62. The molecule has 0 saturated carbocycles. The number of anilines is 1. The molecule has 0 radical (unpaired) electrons. The quantitative estimate of drug-likeness (QED) is 0.868.